The number of anilines is 2. The largest absolute Gasteiger partial charge is 0.381 e. The van der Waals surface area contributed by atoms with Crippen LogP contribution in [-0.2, 0) is 0 Å². The summed E-state index contributed by atoms with van der Waals surface area (Å²) in [4.78, 5) is 21.8. The zero-order chi connectivity index (χ0) is 16.4. The Hall–Kier alpha value is -1.65. The summed E-state index contributed by atoms with van der Waals surface area (Å²) in [7, 11) is 0. The van der Waals surface area contributed by atoms with E-state index in [1.54, 1.807) is 0 Å². The van der Waals surface area contributed by atoms with Crippen LogP contribution < -0.4 is 26.8 Å². The van der Waals surface area contributed by atoms with E-state index in [-0.39, 0.29) is 5.43 Å². The standard InChI is InChI=1S/C17H30N4O/c1-5-9-18-13-14(19-10-6-2)16(21-12-8-4)17(22)15(13)20-11-7-3/h18,20H,5-12H2,1-4H3. The fourth-order valence-corrected chi connectivity index (χ4v) is 2.16. The van der Waals surface area contributed by atoms with E-state index < -0.39 is 0 Å². The second kappa shape index (κ2) is 10.1. The molecule has 0 bridgehead atoms. The monoisotopic (exact) mass is 306 g/mol. The fourth-order valence-electron chi connectivity index (χ4n) is 2.16. The molecule has 0 fully saturated rings. The zero-order valence-corrected chi connectivity index (χ0v) is 14.5. The van der Waals surface area contributed by atoms with Gasteiger partial charge in [-0.1, -0.05) is 27.7 Å². The van der Waals surface area contributed by atoms with E-state index in [0.29, 0.717) is 24.1 Å². The third kappa shape index (κ3) is 4.68. The quantitative estimate of drug-likeness (QED) is 0.696. The molecule has 0 atom stereocenters. The van der Waals surface area contributed by atoms with Gasteiger partial charge in [-0.15, -0.1) is 0 Å². The van der Waals surface area contributed by atoms with Gasteiger partial charge in [0.15, 0.2) is 0 Å². The maximum absolute atomic E-state index is 12.7. The molecule has 5 heteroatoms. The fraction of sp³-hybridized carbons (Fsp3) is 0.706. The Morgan fingerprint density at radius 1 is 0.727 bits per heavy atom. The van der Waals surface area contributed by atoms with Gasteiger partial charge >= 0.3 is 0 Å². The molecule has 0 aliphatic rings. The van der Waals surface area contributed by atoms with Gasteiger partial charge in [0.1, 0.15) is 16.4 Å². The van der Waals surface area contributed by atoms with Gasteiger partial charge in [0.25, 0.3) is 0 Å². The Kier molecular flexibility index (Phi) is 8.48. The van der Waals surface area contributed by atoms with Crippen molar-refractivity contribution in [2.24, 2.45) is 9.98 Å². The first kappa shape index (κ1) is 18.4. The maximum atomic E-state index is 12.7. The van der Waals surface area contributed by atoms with Crippen LogP contribution in [0.2, 0.25) is 0 Å². The van der Waals surface area contributed by atoms with Crippen molar-refractivity contribution in [3.05, 3.63) is 20.9 Å². The van der Waals surface area contributed by atoms with E-state index in [0.717, 1.165) is 49.8 Å². The number of rotatable bonds is 10. The molecule has 0 saturated heterocycles. The molecule has 0 saturated carbocycles. The third-order valence-electron chi connectivity index (χ3n) is 3.24. The van der Waals surface area contributed by atoms with Gasteiger partial charge in [-0.25, -0.2) is 0 Å². The van der Waals surface area contributed by atoms with E-state index >= 15 is 0 Å². The first-order valence-electron chi connectivity index (χ1n) is 8.57. The van der Waals surface area contributed by atoms with Crippen LogP contribution in [0.1, 0.15) is 53.4 Å². The maximum Gasteiger partial charge on any atom is 0.231 e. The molecule has 0 spiro atoms. The smallest absolute Gasteiger partial charge is 0.231 e. The summed E-state index contributed by atoms with van der Waals surface area (Å²) >= 11 is 0. The highest BCUT2D eigenvalue weighted by molar-refractivity contribution is 5.69. The topological polar surface area (TPSA) is 65.8 Å². The Bertz CT molecular complexity index is 597. The van der Waals surface area contributed by atoms with Crippen LogP contribution in [0.15, 0.2) is 14.8 Å². The van der Waals surface area contributed by atoms with Crippen molar-refractivity contribution in [3.63, 3.8) is 0 Å². The summed E-state index contributed by atoms with van der Waals surface area (Å²) in [6.07, 6.45) is 3.85. The Morgan fingerprint density at radius 3 is 1.73 bits per heavy atom. The normalized spacial score (nSPS) is 12.9. The lowest BCUT2D eigenvalue weighted by molar-refractivity contribution is 0.873. The number of nitrogens with zero attached hydrogens (tertiary/aromatic N) is 2. The minimum atomic E-state index is -0.0182. The van der Waals surface area contributed by atoms with Crippen LogP contribution in [0.25, 0.3) is 0 Å². The number of nitrogens with one attached hydrogen (secondary N) is 2. The molecule has 22 heavy (non-hydrogen) atoms. The van der Waals surface area contributed by atoms with Crippen molar-refractivity contribution in [1.29, 1.82) is 0 Å². The molecular formula is C17H30N4O. The van der Waals surface area contributed by atoms with Crippen molar-refractivity contribution in [2.45, 2.75) is 53.4 Å². The molecule has 0 heterocycles. The second-order valence-electron chi connectivity index (χ2n) is 5.39. The summed E-state index contributed by atoms with van der Waals surface area (Å²) in [5.41, 5.74) is 1.46. The molecule has 5 nitrogen and oxygen atoms in total. The van der Waals surface area contributed by atoms with Crippen molar-refractivity contribution in [1.82, 2.24) is 0 Å². The van der Waals surface area contributed by atoms with Crippen LogP contribution in [0.5, 0.6) is 0 Å². The first-order chi connectivity index (χ1) is 10.7. The number of hydrogen-bond donors (Lipinski definition) is 2. The molecule has 124 valence electrons. The highest BCUT2D eigenvalue weighted by Crippen LogP contribution is 2.11. The molecule has 0 aliphatic heterocycles. The average Bonchev–Trinajstić information content (AvgIpc) is 2.77. The van der Waals surface area contributed by atoms with Gasteiger partial charge in [-0.2, -0.15) is 0 Å². The molecule has 0 aliphatic carbocycles. The molecule has 0 radical (unpaired) electrons. The van der Waals surface area contributed by atoms with Gasteiger partial charge in [-0.3, -0.25) is 14.8 Å². The van der Waals surface area contributed by atoms with Crippen LogP contribution in [0.4, 0.5) is 11.4 Å². The van der Waals surface area contributed by atoms with Gasteiger partial charge < -0.3 is 10.6 Å². The summed E-state index contributed by atoms with van der Waals surface area (Å²) in [5, 5.41) is 7.89. The Labute approximate surface area is 133 Å². The SMILES string of the molecule is CCCN=c1c(NCCC)c(NCCC)c(=O)c1=NCCC. The van der Waals surface area contributed by atoms with E-state index in [2.05, 4.69) is 48.3 Å². The lowest BCUT2D eigenvalue weighted by Gasteiger charge is -2.07. The summed E-state index contributed by atoms with van der Waals surface area (Å²) in [6, 6.07) is 0. The Balaban J connectivity index is 3.47. The van der Waals surface area contributed by atoms with E-state index in [9.17, 15) is 4.79 Å². The Morgan fingerprint density at radius 2 is 1.23 bits per heavy atom. The first-order valence-corrected chi connectivity index (χ1v) is 8.57. The third-order valence-corrected chi connectivity index (χ3v) is 3.24. The lowest BCUT2D eigenvalue weighted by Crippen LogP contribution is -2.34. The molecular weight excluding hydrogens is 276 g/mol. The second-order valence-corrected chi connectivity index (χ2v) is 5.39. The van der Waals surface area contributed by atoms with Crippen LogP contribution in [0.3, 0.4) is 0 Å². The molecule has 0 unspecified atom stereocenters. The van der Waals surface area contributed by atoms with Crippen molar-refractivity contribution in [3.8, 4) is 0 Å². The summed E-state index contributed by atoms with van der Waals surface area (Å²) < 4.78 is 0. The van der Waals surface area contributed by atoms with E-state index in [1.165, 1.54) is 0 Å². The highest BCUT2D eigenvalue weighted by atomic mass is 16.1. The molecule has 1 aromatic rings. The minimum absolute atomic E-state index is 0.0182. The average molecular weight is 306 g/mol. The van der Waals surface area contributed by atoms with E-state index in [4.69, 9.17) is 0 Å². The summed E-state index contributed by atoms with van der Waals surface area (Å²) in [6.45, 7) is 11.3. The lowest BCUT2D eigenvalue weighted by atomic mass is 10.3. The molecule has 1 aromatic carbocycles. The van der Waals surface area contributed by atoms with Gasteiger partial charge in [0, 0.05) is 26.2 Å². The van der Waals surface area contributed by atoms with Gasteiger partial charge in [-0.05, 0) is 25.7 Å². The van der Waals surface area contributed by atoms with Crippen molar-refractivity contribution >= 4 is 11.4 Å². The molecule has 2 N–H and O–H groups in total. The van der Waals surface area contributed by atoms with Crippen LogP contribution in [-0.4, -0.2) is 26.2 Å². The predicted octanol–water partition coefficient (Wildman–Crippen LogP) is 2.19. The predicted molar refractivity (Wildman–Crippen MR) is 94.1 cm³/mol. The molecule has 0 aromatic heterocycles. The molecule has 1 rings (SSSR count). The van der Waals surface area contributed by atoms with Crippen LogP contribution >= 0.6 is 0 Å². The van der Waals surface area contributed by atoms with Crippen LogP contribution in [0, 0.1) is 0 Å². The zero-order valence-electron chi connectivity index (χ0n) is 14.5. The molecule has 0 amide bonds. The van der Waals surface area contributed by atoms with Crippen molar-refractivity contribution < 1.29 is 0 Å². The number of hydrogen-bond acceptors (Lipinski definition) is 5. The minimum Gasteiger partial charge on any atom is -0.381 e. The van der Waals surface area contributed by atoms with Gasteiger partial charge in [0.2, 0.25) is 5.43 Å². The van der Waals surface area contributed by atoms with Crippen molar-refractivity contribution in [2.75, 3.05) is 36.8 Å². The van der Waals surface area contributed by atoms with E-state index in [1.807, 2.05) is 0 Å². The van der Waals surface area contributed by atoms with Gasteiger partial charge in [0.05, 0.1) is 5.69 Å². The summed E-state index contributed by atoms with van der Waals surface area (Å²) in [5.74, 6) is 0. The highest BCUT2D eigenvalue weighted by Gasteiger charge is 2.15.